The van der Waals surface area contributed by atoms with Crippen LogP contribution in [0.4, 0.5) is 0 Å². The average Bonchev–Trinajstić information content (AvgIpc) is 3.35. The number of carboxylic acid groups (broad SMARTS) is 1. The summed E-state index contributed by atoms with van der Waals surface area (Å²) in [7, 11) is 0. The van der Waals surface area contributed by atoms with Crippen LogP contribution in [-0.2, 0) is 19.7 Å². The number of carboxylic acids is 1. The molecule has 1 aliphatic heterocycles. The second-order valence-corrected chi connectivity index (χ2v) is 6.33. The van der Waals surface area contributed by atoms with Gasteiger partial charge >= 0.3 is 5.97 Å². The van der Waals surface area contributed by atoms with E-state index in [4.69, 9.17) is 4.74 Å². The summed E-state index contributed by atoms with van der Waals surface area (Å²) < 4.78 is 5.42. The number of hydrogen-bond donors (Lipinski definition) is 2. The van der Waals surface area contributed by atoms with Gasteiger partial charge in [-0.2, -0.15) is 0 Å². The number of aliphatic carboxylic acids is 1. The lowest BCUT2D eigenvalue weighted by atomic mass is 9.73. The predicted molar refractivity (Wildman–Crippen MR) is 80.5 cm³/mol. The molecule has 1 saturated heterocycles. The third-order valence-corrected chi connectivity index (χ3v) is 5.00. The van der Waals surface area contributed by atoms with Crippen LogP contribution in [0.15, 0.2) is 30.3 Å². The van der Waals surface area contributed by atoms with Crippen LogP contribution in [0.1, 0.15) is 31.2 Å². The maximum absolute atomic E-state index is 12.9. The van der Waals surface area contributed by atoms with Crippen LogP contribution in [0.3, 0.4) is 0 Å². The Morgan fingerprint density at radius 3 is 2.27 bits per heavy atom. The van der Waals surface area contributed by atoms with Crippen molar-refractivity contribution in [2.24, 2.45) is 5.41 Å². The monoisotopic (exact) mass is 303 g/mol. The van der Waals surface area contributed by atoms with Gasteiger partial charge in [0.1, 0.15) is 0 Å². The second-order valence-electron chi connectivity index (χ2n) is 6.33. The highest BCUT2D eigenvalue weighted by atomic mass is 16.5. The highest BCUT2D eigenvalue weighted by Crippen LogP contribution is 2.45. The molecule has 0 spiro atoms. The van der Waals surface area contributed by atoms with E-state index in [0.29, 0.717) is 38.9 Å². The van der Waals surface area contributed by atoms with Crippen LogP contribution in [-0.4, -0.2) is 36.7 Å². The van der Waals surface area contributed by atoms with Gasteiger partial charge in [0.15, 0.2) is 0 Å². The number of amides is 1. The molecule has 1 aliphatic carbocycles. The van der Waals surface area contributed by atoms with Crippen molar-refractivity contribution in [2.75, 3.05) is 19.8 Å². The first-order valence-corrected chi connectivity index (χ1v) is 7.74. The summed E-state index contributed by atoms with van der Waals surface area (Å²) in [6.07, 6.45) is 2.54. The van der Waals surface area contributed by atoms with E-state index in [0.717, 1.165) is 5.56 Å². The van der Waals surface area contributed by atoms with Gasteiger partial charge in [0.05, 0.1) is 10.8 Å². The lowest BCUT2D eigenvalue weighted by molar-refractivity contribution is -0.143. The molecule has 5 heteroatoms. The first-order chi connectivity index (χ1) is 10.6. The summed E-state index contributed by atoms with van der Waals surface area (Å²) in [5.74, 6) is -0.886. The lowest BCUT2D eigenvalue weighted by Crippen LogP contribution is -2.49. The van der Waals surface area contributed by atoms with Crippen LogP contribution in [0.5, 0.6) is 0 Å². The van der Waals surface area contributed by atoms with Gasteiger partial charge in [0.25, 0.3) is 0 Å². The summed E-state index contributed by atoms with van der Waals surface area (Å²) in [5, 5.41) is 12.1. The smallest absolute Gasteiger partial charge is 0.311 e. The van der Waals surface area contributed by atoms with Crippen molar-refractivity contribution in [3.8, 4) is 0 Å². The SMILES string of the molecule is O=C(O)C1(CNC(=O)C2(c3ccccc3)CCOCC2)CC1. The quantitative estimate of drug-likeness (QED) is 0.868. The summed E-state index contributed by atoms with van der Waals surface area (Å²) in [6.45, 7) is 1.31. The Morgan fingerprint density at radius 2 is 1.73 bits per heavy atom. The van der Waals surface area contributed by atoms with Gasteiger partial charge in [-0.1, -0.05) is 30.3 Å². The Bertz CT molecular complexity index is 559. The van der Waals surface area contributed by atoms with Crippen LogP contribution in [0.2, 0.25) is 0 Å². The fraction of sp³-hybridized carbons (Fsp3) is 0.529. The van der Waals surface area contributed by atoms with E-state index in [1.165, 1.54) is 0 Å². The highest BCUT2D eigenvalue weighted by Gasteiger charge is 2.51. The molecule has 22 heavy (non-hydrogen) atoms. The number of carbonyl (C=O) groups is 2. The van der Waals surface area contributed by atoms with Gasteiger partial charge < -0.3 is 15.2 Å². The van der Waals surface area contributed by atoms with E-state index in [1.807, 2.05) is 30.3 Å². The van der Waals surface area contributed by atoms with E-state index in [9.17, 15) is 14.7 Å². The van der Waals surface area contributed by atoms with Crippen LogP contribution in [0, 0.1) is 5.41 Å². The van der Waals surface area contributed by atoms with Gasteiger partial charge in [-0.3, -0.25) is 9.59 Å². The molecule has 0 aromatic heterocycles. The molecule has 5 nitrogen and oxygen atoms in total. The molecule has 1 aromatic rings. The van der Waals surface area contributed by atoms with Crippen LogP contribution >= 0.6 is 0 Å². The minimum atomic E-state index is -0.812. The number of ether oxygens (including phenoxy) is 1. The van der Waals surface area contributed by atoms with Crippen molar-refractivity contribution < 1.29 is 19.4 Å². The lowest BCUT2D eigenvalue weighted by Gasteiger charge is -2.36. The van der Waals surface area contributed by atoms with Gasteiger partial charge in [0, 0.05) is 19.8 Å². The van der Waals surface area contributed by atoms with Crippen molar-refractivity contribution >= 4 is 11.9 Å². The fourth-order valence-electron chi connectivity index (χ4n) is 3.16. The first kappa shape index (κ1) is 15.0. The Kier molecular flexibility index (Phi) is 3.91. The van der Waals surface area contributed by atoms with Gasteiger partial charge in [-0.15, -0.1) is 0 Å². The largest absolute Gasteiger partial charge is 0.481 e. The number of nitrogens with one attached hydrogen (secondary N) is 1. The van der Waals surface area contributed by atoms with Crippen molar-refractivity contribution in [1.82, 2.24) is 5.32 Å². The number of rotatable bonds is 5. The molecule has 0 atom stereocenters. The molecule has 2 fully saturated rings. The van der Waals surface area contributed by atoms with E-state index in [1.54, 1.807) is 0 Å². The molecular weight excluding hydrogens is 282 g/mol. The Labute approximate surface area is 129 Å². The second kappa shape index (κ2) is 5.72. The molecule has 3 rings (SSSR count). The molecule has 1 saturated carbocycles. The topological polar surface area (TPSA) is 75.6 Å². The minimum Gasteiger partial charge on any atom is -0.481 e. The van der Waals surface area contributed by atoms with Crippen molar-refractivity contribution in [3.63, 3.8) is 0 Å². The third-order valence-electron chi connectivity index (χ3n) is 5.00. The minimum absolute atomic E-state index is 0.0745. The molecular formula is C17H21NO4. The van der Waals surface area contributed by atoms with E-state index in [-0.39, 0.29) is 12.5 Å². The zero-order valence-electron chi connectivity index (χ0n) is 12.5. The van der Waals surface area contributed by atoms with Crippen LogP contribution in [0.25, 0.3) is 0 Å². The summed E-state index contributed by atoms with van der Waals surface area (Å²) >= 11 is 0. The molecule has 1 amide bonds. The third kappa shape index (κ3) is 2.61. The summed E-state index contributed by atoms with van der Waals surface area (Å²) in [4.78, 5) is 24.1. The van der Waals surface area contributed by atoms with Gasteiger partial charge in [0.2, 0.25) is 5.91 Å². The Morgan fingerprint density at radius 1 is 1.09 bits per heavy atom. The van der Waals surface area contributed by atoms with E-state index >= 15 is 0 Å². The fourth-order valence-corrected chi connectivity index (χ4v) is 3.16. The highest BCUT2D eigenvalue weighted by molar-refractivity contribution is 5.89. The zero-order chi connectivity index (χ0) is 15.6. The van der Waals surface area contributed by atoms with Crippen molar-refractivity contribution in [3.05, 3.63) is 35.9 Å². The van der Waals surface area contributed by atoms with Crippen molar-refractivity contribution in [1.29, 1.82) is 0 Å². The van der Waals surface area contributed by atoms with Gasteiger partial charge in [-0.25, -0.2) is 0 Å². The van der Waals surface area contributed by atoms with E-state index in [2.05, 4.69) is 5.32 Å². The van der Waals surface area contributed by atoms with Crippen molar-refractivity contribution in [2.45, 2.75) is 31.1 Å². The summed E-state index contributed by atoms with van der Waals surface area (Å²) in [6, 6.07) is 9.72. The number of hydrogen-bond acceptors (Lipinski definition) is 3. The maximum Gasteiger partial charge on any atom is 0.311 e. The Balaban J connectivity index is 1.78. The van der Waals surface area contributed by atoms with E-state index < -0.39 is 16.8 Å². The predicted octanol–water partition coefficient (Wildman–Crippen LogP) is 1.72. The van der Waals surface area contributed by atoms with Crippen LogP contribution < -0.4 is 5.32 Å². The summed E-state index contributed by atoms with van der Waals surface area (Å²) in [5.41, 5.74) is -0.358. The molecule has 0 unspecified atom stereocenters. The molecule has 2 aliphatic rings. The standard InChI is InChI=1S/C17H21NO4/c19-14(18-12-16(6-7-16)15(20)21)17(8-10-22-11-9-17)13-4-2-1-3-5-13/h1-5H,6-12H2,(H,18,19)(H,20,21). The normalized spacial score (nSPS) is 21.8. The molecule has 1 aromatic carbocycles. The molecule has 0 radical (unpaired) electrons. The molecule has 0 bridgehead atoms. The maximum atomic E-state index is 12.9. The first-order valence-electron chi connectivity index (χ1n) is 7.74. The molecule has 118 valence electrons. The molecule has 2 N–H and O–H groups in total. The number of benzene rings is 1. The Hall–Kier alpha value is -1.88. The zero-order valence-corrected chi connectivity index (χ0v) is 12.5. The number of carbonyl (C=O) groups excluding carboxylic acids is 1. The van der Waals surface area contributed by atoms with Gasteiger partial charge in [-0.05, 0) is 31.2 Å². The average molecular weight is 303 g/mol. The molecule has 1 heterocycles.